The van der Waals surface area contributed by atoms with E-state index in [2.05, 4.69) is 38.9 Å². The molecule has 1 N–H and O–H groups in total. The number of methoxy groups -OCH3 is 4. The molecule has 0 aromatic heterocycles. The van der Waals surface area contributed by atoms with Gasteiger partial charge in [0.1, 0.15) is 12.9 Å². The van der Waals surface area contributed by atoms with E-state index in [1.54, 1.807) is 34.0 Å². The molecule has 284 valence electrons. The van der Waals surface area contributed by atoms with Gasteiger partial charge in [0.2, 0.25) is 5.60 Å². The molecule has 0 spiro atoms. The molecule has 15 heteroatoms. The van der Waals surface area contributed by atoms with Gasteiger partial charge in [0.05, 0.1) is 47.4 Å². The average Bonchev–Trinajstić information content (AvgIpc) is 3.10. The molecular formula is C34H59O14P. The highest BCUT2D eigenvalue weighted by Gasteiger charge is 2.40. The summed E-state index contributed by atoms with van der Waals surface area (Å²) < 4.78 is 33.5. The standard InChI is InChI=1S/C8H14O4.C8H12O4.C8H12O3.C5H8O2.C3H6O.C2H7P/c2*1-8(7(10)11-2)4-3-6(9)5-12-8;1-8(7(9)10-2)5-3-4-6-11-8;1-4(2)5(6)7-3;1-2-3-4;1-3-2/h6,9H,3-5H2,1-2H3;3-5H2,1-2H3;4,6H,3,5H2,1-2H3;1H2,2-3H3;3H,2H2,1H3;3H,1-2H3. The zero-order valence-corrected chi connectivity index (χ0v) is 32.1. The number of Topliss-reactive ketones (excluding diaryl/α,β-unsaturated/α-hetero) is 1. The number of esters is 4. The van der Waals surface area contributed by atoms with Crippen molar-refractivity contribution >= 4 is 44.5 Å². The van der Waals surface area contributed by atoms with Crippen LogP contribution >= 0.6 is 8.58 Å². The highest BCUT2D eigenvalue weighted by atomic mass is 31.1. The minimum Gasteiger partial charge on any atom is -0.484 e. The number of allylic oxidation sites excluding steroid dienone is 1. The number of carbonyl (C=O) groups is 6. The monoisotopic (exact) mass is 722 g/mol. The van der Waals surface area contributed by atoms with E-state index in [4.69, 9.17) is 19.3 Å². The minimum atomic E-state index is -0.914. The van der Waals surface area contributed by atoms with E-state index in [1.165, 1.54) is 28.4 Å². The summed E-state index contributed by atoms with van der Waals surface area (Å²) in [6.45, 7) is 16.4. The van der Waals surface area contributed by atoms with E-state index < -0.39 is 28.9 Å². The number of hydrogen-bond donors (Lipinski definition) is 1. The Morgan fingerprint density at radius 3 is 1.67 bits per heavy atom. The summed E-state index contributed by atoms with van der Waals surface area (Å²) in [5, 5.41) is 9.12. The van der Waals surface area contributed by atoms with Crippen molar-refractivity contribution in [3.8, 4) is 0 Å². The van der Waals surface area contributed by atoms with Gasteiger partial charge >= 0.3 is 23.9 Å². The van der Waals surface area contributed by atoms with Gasteiger partial charge in [0, 0.05) is 24.8 Å². The van der Waals surface area contributed by atoms with Gasteiger partial charge in [-0.1, -0.05) is 13.5 Å². The molecule has 4 unspecified atom stereocenters. The number of aliphatic hydroxyl groups excluding tert-OH is 1. The number of aldehydes is 1. The number of ether oxygens (including phenoxy) is 7. The molecule has 4 atom stereocenters. The van der Waals surface area contributed by atoms with Crippen molar-refractivity contribution in [1.29, 1.82) is 0 Å². The fourth-order valence-corrected chi connectivity index (χ4v) is 3.62. The highest BCUT2D eigenvalue weighted by molar-refractivity contribution is 7.35. The normalized spacial score (nSPS) is 24.7. The van der Waals surface area contributed by atoms with Crippen LogP contribution in [-0.4, -0.2) is 119 Å². The van der Waals surface area contributed by atoms with Crippen LogP contribution in [0.3, 0.4) is 0 Å². The second-order valence-corrected chi connectivity index (χ2v) is 12.4. The molecule has 2 fully saturated rings. The second-order valence-electron chi connectivity index (χ2n) is 11.4. The molecule has 2 saturated heterocycles. The first-order chi connectivity index (χ1) is 22.9. The van der Waals surface area contributed by atoms with Gasteiger partial charge in [0.25, 0.3) is 0 Å². The smallest absolute Gasteiger partial charge is 0.349 e. The van der Waals surface area contributed by atoms with Gasteiger partial charge in [-0.05, 0) is 72.8 Å². The summed E-state index contributed by atoms with van der Waals surface area (Å²) in [5.74, 6) is -1.39. The van der Waals surface area contributed by atoms with E-state index in [-0.39, 0.29) is 36.9 Å². The number of carbonyl (C=O) groups excluding carboxylic acids is 6. The van der Waals surface area contributed by atoms with Gasteiger partial charge in [0.15, 0.2) is 17.0 Å². The number of rotatable bonds is 5. The summed E-state index contributed by atoms with van der Waals surface area (Å²) in [7, 11) is 6.43. The summed E-state index contributed by atoms with van der Waals surface area (Å²) in [5.41, 5.74) is -2.09. The molecular weight excluding hydrogens is 663 g/mol. The van der Waals surface area contributed by atoms with Gasteiger partial charge in [-0.2, -0.15) is 0 Å². The number of ketones is 1. The average molecular weight is 723 g/mol. The Hall–Kier alpha value is -3.19. The van der Waals surface area contributed by atoms with Crippen LogP contribution < -0.4 is 0 Å². The molecule has 0 amide bonds. The van der Waals surface area contributed by atoms with Crippen molar-refractivity contribution in [2.45, 2.75) is 102 Å². The predicted octanol–water partition coefficient (Wildman–Crippen LogP) is 3.88. The second kappa shape index (κ2) is 27.6. The van der Waals surface area contributed by atoms with Crippen molar-refractivity contribution in [3.05, 3.63) is 24.5 Å². The lowest BCUT2D eigenvalue weighted by atomic mass is 9.95. The van der Waals surface area contributed by atoms with Crippen LogP contribution in [0, 0.1) is 0 Å². The Morgan fingerprint density at radius 2 is 1.39 bits per heavy atom. The summed E-state index contributed by atoms with van der Waals surface area (Å²) >= 11 is 0. The predicted molar refractivity (Wildman–Crippen MR) is 185 cm³/mol. The van der Waals surface area contributed by atoms with E-state index in [0.717, 1.165) is 21.3 Å². The molecule has 3 aliphatic heterocycles. The zero-order chi connectivity index (χ0) is 38.7. The topological polar surface area (TPSA) is 187 Å². The summed E-state index contributed by atoms with van der Waals surface area (Å²) in [6.07, 6.45) is 7.99. The lowest BCUT2D eigenvalue weighted by Crippen LogP contribution is -2.45. The molecule has 0 aromatic rings. The fraction of sp³-hybridized carbons (Fsp3) is 0.706. The van der Waals surface area contributed by atoms with E-state index in [0.29, 0.717) is 44.1 Å². The Bertz CT molecular complexity index is 1040. The third kappa shape index (κ3) is 21.5. The molecule has 49 heavy (non-hydrogen) atoms. The van der Waals surface area contributed by atoms with Gasteiger partial charge in [-0.25, -0.2) is 19.2 Å². The minimum absolute atomic E-state index is 0.0194. The van der Waals surface area contributed by atoms with Gasteiger partial charge in [-0.15, -0.1) is 8.58 Å². The van der Waals surface area contributed by atoms with Crippen LogP contribution in [-0.2, 0) is 61.9 Å². The van der Waals surface area contributed by atoms with Crippen LogP contribution in [0.5, 0.6) is 0 Å². The Morgan fingerprint density at radius 1 is 0.918 bits per heavy atom. The zero-order valence-electron chi connectivity index (χ0n) is 31.1. The molecule has 3 aliphatic rings. The van der Waals surface area contributed by atoms with Crippen LogP contribution in [0.25, 0.3) is 0 Å². The first-order valence-electron chi connectivity index (χ1n) is 15.7. The Labute approximate surface area is 293 Å². The molecule has 14 nitrogen and oxygen atoms in total. The Balaban J connectivity index is -0.000000548. The molecule has 0 bridgehead atoms. The number of hydrogen-bond acceptors (Lipinski definition) is 14. The third-order valence-electron chi connectivity index (χ3n) is 6.75. The Kier molecular flexibility index (Phi) is 28.3. The molecule has 3 rings (SSSR count). The largest absolute Gasteiger partial charge is 0.484 e. The van der Waals surface area contributed by atoms with Crippen molar-refractivity contribution < 1.29 is 67.0 Å². The lowest BCUT2D eigenvalue weighted by Gasteiger charge is -2.33. The van der Waals surface area contributed by atoms with Crippen molar-refractivity contribution in [2.24, 2.45) is 0 Å². The van der Waals surface area contributed by atoms with Crippen LogP contribution in [0.15, 0.2) is 24.5 Å². The van der Waals surface area contributed by atoms with Crippen molar-refractivity contribution in [2.75, 3.05) is 55.0 Å². The van der Waals surface area contributed by atoms with Crippen molar-refractivity contribution in [1.82, 2.24) is 0 Å². The summed E-state index contributed by atoms with van der Waals surface area (Å²) in [4.78, 5) is 63.6. The van der Waals surface area contributed by atoms with E-state index >= 15 is 0 Å². The quantitative estimate of drug-likeness (QED) is 0.142. The van der Waals surface area contributed by atoms with Gasteiger partial charge in [-0.3, -0.25) is 4.79 Å². The maximum Gasteiger partial charge on any atom is 0.349 e. The highest BCUT2D eigenvalue weighted by Crippen LogP contribution is 2.26. The van der Waals surface area contributed by atoms with Crippen LogP contribution in [0.1, 0.15) is 79.6 Å². The fourth-order valence-electron chi connectivity index (χ4n) is 3.62. The van der Waals surface area contributed by atoms with Gasteiger partial charge < -0.3 is 43.1 Å². The molecule has 0 saturated carbocycles. The third-order valence-corrected chi connectivity index (χ3v) is 6.75. The molecule has 0 aromatic carbocycles. The first kappa shape index (κ1) is 50.2. The van der Waals surface area contributed by atoms with E-state index in [9.17, 15) is 28.8 Å². The maximum atomic E-state index is 11.2. The maximum absolute atomic E-state index is 11.2. The molecule has 0 radical (unpaired) electrons. The lowest BCUT2D eigenvalue weighted by molar-refractivity contribution is -0.180. The molecule has 0 aliphatic carbocycles. The van der Waals surface area contributed by atoms with Crippen molar-refractivity contribution in [3.63, 3.8) is 0 Å². The van der Waals surface area contributed by atoms with Crippen LogP contribution in [0.4, 0.5) is 0 Å². The first-order valence-corrected chi connectivity index (χ1v) is 17.7. The van der Waals surface area contributed by atoms with E-state index in [1.807, 2.05) is 13.0 Å². The molecule has 3 heterocycles. The SMILES string of the molecule is C=C(C)C(=O)OC.CCC=O.COC(=O)C1(C)CCC(=O)CO1.COC(=O)C1(C)CCC(O)CO1.COC(=O)C1(C)CCC=CO1.CPC. The summed E-state index contributed by atoms with van der Waals surface area (Å²) in [6, 6.07) is 0. The number of aliphatic hydroxyl groups is 1. The van der Waals surface area contributed by atoms with Crippen LogP contribution in [0.2, 0.25) is 0 Å².